The summed E-state index contributed by atoms with van der Waals surface area (Å²) in [7, 11) is 0. The van der Waals surface area contributed by atoms with Crippen LogP contribution in [-0.2, 0) is 4.74 Å². The van der Waals surface area contributed by atoms with Gasteiger partial charge in [-0.05, 0) is 33.1 Å². The van der Waals surface area contributed by atoms with E-state index in [1.165, 1.54) is 6.42 Å². The minimum atomic E-state index is -0.342. The van der Waals surface area contributed by atoms with Gasteiger partial charge in [0.05, 0.1) is 12.2 Å². The topological polar surface area (TPSA) is 45.0 Å². The van der Waals surface area contributed by atoms with E-state index in [1.807, 2.05) is 0 Å². The SMILES string of the molecule is CCCCOC1CCC(C#N)(NC(C)C)C1. The van der Waals surface area contributed by atoms with E-state index in [0.717, 1.165) is 32.3 Å². The zero-order valence-corrected chi connectivity index (χ0v) is 10.8. The molecule has 1 aliphatic rings. The summed E-state index contributed by atoms with van der Waals surface area (Å²) in [6.45, 7) is 7.18. The van der Waals surface area contributed by atoms with Gasteiger partial charge in [0.15, 0.2) is 0 Å². The fourth-order valence-electron chi connectivity index (χ4n) is 2.35. The van der Waals surface area contributed by atoms with Gasteiger partial charge in [-0.2, -0.15) is 5.26 Å². The summed E-state index contributed by atoms with van der Waals surface area (Å²) in [4.78, 5) is 0. The first kappa shape index (κ1) is 13.5. The molecular formula is C13H24N2O. The predicted molar refractivity (Wildman–Crippen MR) is 65.1 cm³/mol. The summed E-state index contributed by atoms with van der Waals surface area (Å²) in [6.07, 6.45) is 5.33. The second kappa shape index (κ2) is 6.22. The summed E-state index contributed by atoms with van der Waals surface area (Å²) in [5.74, 6) is 0. The van der Waals surface area contributed by atoms with Crippen molar-refractivity contribution in [2.24, 2.45) is 0 Å². The van der Waals surface area contributed by atoms with Crippen molar-refractivity contribution in [1.82, 2.24) is 5.32 Å². The number of ether oxygens (including phenoxy) is 1. The van der Waals surface area contributed by atoms with Gasteiger partial charge in [-0.15, -0.1) is 0 Å². The maximum Gasteiger partial charge on any atom is 0.109 e. The van der Waals surface area contributed by atoms with Crippen LogP contribution in [-0.4, -0.2) is 24.3 Å². The van der Waals surface area contributed by atoms with E-state index in [0.29, 0.717) is 6.04 Å². The molecule has 1 saturated carbocycles. The van der Waals surface area contributed by atoms with Crippen LogP contribution in [0, 0.1) is 11.3 Å². The molecule has 2 atom stereocenters. The van der Waals surface area contributed by atoms with Crippen molar-refractivity contribution in [3.05, 3.63) is 0 Å². The summed E-state index contributed by atoms with van der Waals surface area (Å²) < 4.78 is 5.79. The Morgan fingerprint density at radius 3 is 2.88 bits per heavy atom. The molecule has 0 aromatic rings. The third-order valence-corrected chi connectivity index (χ3v) is 3.10. The molecule has 1 N–H and O–H groups in total. The lowest BCUT2D eigenvalue weighted by Gasteiger charge is -2.25. The van der Waals surface area contributed by atoms with Crippen LogP contribution in [0.3, 0.4) is 0 Å². The molecule has 0 aliphatic heterocycles. The lowest BCUT2D eigenvalue weighted by atomic mass is 9.98. The number of nitrogens with one attached hydrogen (secondary N) is 1. The molecule has 2 unspecified atom stereocenters. The zero-order valence-electron chi connectivity index (χ0n) is 10.8. The first-order valence-corrected chi connectivity index (χ1v) is 6.42. The van der Waals surface area contributed by atoms with E-state index in [4.69, 9.17) is 4.74 Å². The second-order valence-corrected chi connectivity index (χ2v) is 5.08. The van der Waals surface area contributed by atoms with Gasteiger partial charge in [-0.3, -0.25) is 5.32 Å². The van der Waals surface area contributed by atoms with Gasteiger partial charge >= 0.3 is 0 Å². The van der Waals surface area contributed by atoms with E-state index in [-0.39, 0.29) is 11.6 Å². The molecule has 0 saturated heterocycles. The normalized spacial score (nSPS) is 29.6. The number of rotatable bonds is 6. The highest BCUT2D eigenvalue weighted by Gasteiger charge is 2.40. The van der Waals surface area contributed by atoms with Gasteiger partial charge in [-0.1, -0.05) is 13.3 Å². The molecule has 0 heterocycles. The van der Waals surface area contributed by atoms with Gasteiger partial charge < -0.3 is 4.74 Å². The van der Waals surface area contributed by atoms with Crippen molar-refractivity contribution in [3.8, 4) is 6.07 Å². The third kappa shape index (κ3) is 3.77. The fraction of sp³-hybridized carbons (Fsp3) is 0.923. The van der Waals surface area contributed by atoms with Crippen molar-refractivity contribution in [3.63, 3.8) is 0 Å². The van der Waals surface area contributed by atoms with E-state index >= 15 is 0 Å². The lowest BCUT2D eigenvalue weighted by Crippen LogP contribution is -2.45. The number of nitriles is 1. The molecule has 0 amide bonds. The standard InChI is InChI=1S/C13H24N2O/c1-4-5-8-16-12-6-7-13(9-12,10-14)15-11(2)3/h11-12,15H,4-9H2,1-3H3. The van der Waals surface area contributed by atoms with Crippen LogP contribution in [0.25, 0.3) is 0 Å². The Morgan fingerprint density at radius 2 is 2.31 bits per heavy atom. The summed E-state index contributed by atoms with van der Waals surface area (Å²) in [5, 5.41) is 12.7. The molecule has 92 valence electrons. The first-order chi connectivity index (χ1) is 7.62. The minimum Gasteiger partial charge on any atom is -0.378 e. The fourth-order valence-corrected chi connectivity index (χ4v) is 2.35. The van der Waals surface area contributed by atoms with Gasteiger partial charge in [0.2, 0.25) is 0 Å². The van der Waals surface area contributed by atoms with E-state index < -0.39 is 0 Å². The Balaban J connectivity index is 2.39. The predicted octanol–water partition coefficient (Wildman–Crippen LogP) is 2.62. The van der Waals surface area contributed by atoms with Crippen LogP contribution < -0.4 is 5.32 Å². The molecule has 0 aromatic carbocycles. The van der Waals surface area contributed by atoms with E-state index in [2.05, 4.69) is 32.2 Å². The Hall–Kier alpha value is -0.590. The highest BCUT2D eigenvalue weighted by molar-refractivity contribution is 5.12. The quantitative estimate of drug-likeness (QED) is 0.705. The molecule has 3 nitrogen and oxygen atoms in total. The van der Waals surface area contributed by atoms with Crippen molar-refractivity contribution >= 4 is 0 Å². The number of hydrogen-bond donors (Lipinski definition) is 1. The maximum absolute atomic E-state index is 9.29. The van der Waals surface area contributed by atoms with Crippen LogP contribution in [0.4, 0.5) is 0 Å². The summed E-state index contributed by atoms with van der Waals surface area (Å²) in [5.41, 5.74) is -0.342. The van der Waals surface area contributed by atoms with Crippen LogP contribution in [0.1, 0.15) is 52.9 Å². The van der Waals surface area contributed by atoms with E-state index in [9.17, 15) is 5.26 Å². The Bertz CT molecular complexity index is 247. The molecule has 0 bridgehead atoms. The highest BCUT2D eigenvalue weighted by Crippen LogP contribution is 2.32. The summed E-state index contributed by atoms with van der Waals surface area (Å²) >= 11 is 0. The summed E-state index contributed by atoms with van der Waals surface area (Å²) in [6, 6.07) is 2.79. The Morgan fingerprint density at radius 1 is 1.56 bits per heavy atom. The lowest BCUT2D eigenvalue weighted by molar-refractivity contribution is 0.0525. The second-order valence-electron chi connectivity index (χ2n) is 5.08. The third-order valence-electron chi connectivity index (χ3n) is 3.10. The molecule has 0 radical (unpaired) electrons. The molecule has 1 fully saturated rings. The van der Waals surface area contributed by atoms with Gasteiger partial charge in [0.25, 0.3) is 0 Å². The average molecular weight is 224 g/mol. The molecule has 16 heavy (non-hydrogen) atoms. The molecule has 3 heteroatoms. The van der Waals surface area contributed by atoms with Gasteiger partial charge in [0, 0.05) is 19.1 Å². The first-order valence-electron chi connectivity index (χ1n) is 6.42. The zero-order chi connectivity index (χ0) is 12.0. The van der Waals surface area contributed by atoms with Crippen molar-refractivity contribution in [1.29, 1.82) is 5.26 Å². The van der Waals surface area contributed by atoms with E-state index in [1.54, 1.807) is 0 Å². The largest absolute Gasteiger partial charge is 0.378 e. The monoisotopic (exact) mass is 224 g/mol. The number of unbranched alkanes of at least 4 members (excludes halogenated alkanes) is 1. The Kier molecular flexibility index (Phi) is 5.24. The molecule has 0 spiro atoms. The highest BCUT2D eigenvalue weighted by atomic mass is 16.5. The van der Waals surface area contributed by atoms with Crippen molar-refractivity contribution in [2.45, 2.75) is 70.6 Å². The average Bonchev–Trinajstić information content (AvgIpc) is 2.62. The number of nitrogens with zero attached hydrogens (tertiary/aromatic N) is 1. The maximum atomic E-state index is 9.29. The molecular weight excluding hydrogens is 200 g/mol. The van der Waals surface area contributed by atoms with Crippen molar-refractivity contribution < 1.29 is 4.74 Å². The van der Waals surface area contributed by atoms with Crippen molar-refractivity contribution in [2.75, 3.05) is 6.61 Å². The van der Waals surface area contributed by atoms with Crippen LogP contribution in [0.2, 0.25) is 0 Å². The smallest absolute Gasteiger partial charge is 0.109 e. The molecule has 1 aliphatic carbocycles. The molecule has 1 rings (SSSR count). The Labute approximate surface area is 99.2 Å². The van der Waals surface area contributed by atoms with Gasteiger partial charge in [-0.25, -0.2) is 0 Å². The van der Waals surface area contributed by atoms with Crippen LogP contribution in [0.15, 0.2) is 0 Å². The van der Waals surface area contributed by atoms with Crippen LogP contribution >= 0.6 is 0 Å². The van der Waals surface area contributed by atoms with Gasteiger partial charge in [0.1, 0.15) is 5.54 Å². The molecule has 0 aromatic heterocycles. The number of hydrogen-bond acceptors (Lipinski definition) is 3. The van der Waals surface area contributed by atoms with Crippen LogP contribution in [0.5, 0.6) is 0 Å². The minimum absolute atomic E-state index is 0.275.